The largest absolute Gasteiger partial charge is 0.461 e. The maximum Gasteiger partial charge on any atom is 0.304 e. The van der Waals surface area contributed by atoms with E-state index in [1.54, 1.807) is 49.6 Å². The Morgan fingerprint density at radius 1 is 1.20 bits per heavy atom. The van der Waals surface area contributed by atoms with Gasteiger partial charge in [-0.15, -0.1) is 11.3 Å². The van der Waals surface area contributed by atoms with Crippen LogP contribution in [0.25, 0.3) is 22.2 Å². The average Bonchev–Trinajstić information content (AvgIpc) is 3.27. The number of ketones is 1. The summed E-state index contributed by atoms with van der Waals surface area (Å²) in [5.41, 5.74) is 3.47. The highest BCUT2D eigenvalue weighted by molar-refractivity contribution is 7.88. The fourth-order valence-electron chi connectivity index (χ4n) is 4.71. The molecule has 178 valence electrons. The maximum absolute atomic E-state index is 13.0. The summed E-state index contributed by atoms with van der Waals surface area (Å²) in [5, 5.41) is 5.16. The Hall–Kier alpha value is -3.60. The Kier molecular flexibility index (Phi) is 5.47. The van der Waals surface area contributed by atoms with Crippen molar-refractivity contribution in [2.75, 3.05) is 5.32 Å². The van der Waals surface area contributed by atoms with Crippen LogP contribution in [0.4, 0.5) is 5.69 Å². The monoisotopic (exact) mass is 508 g/mol. The number of allylic oxidation sites excluding steroid dienone is 2. The summed E-state index contributed by atoms with van der Waals surface area (Å²) >= 11 is 0.876. The van der Waals surface area contributed by atoms with Gasteiger partial charge in [0, 0.05) is 51.8 Å². The maximum atomic E-state index is 13.0. The number of hydrogen-bond acceptors (Lipinski definition) is 8. The number of rotatable bonds is 4. The second-order valence-electron chi connectivity index (χ2n) is 8.32. The highest BCUT2D eigenvalue weighted by atomic mass is 32.3. The molecule has 1 unspecified atom stereocenters. The molecule has 1 atom stereocenters. The molecule has 0 fully saturated rings. The number of nitrogens with zero attached hydrogens (tertiary/aromatic N) is 1. The molecule has 4 aromatic rings. The van der Waals surface area contributed by atoms with Gasteiger partial charge < -0.3 is 9.73 Å². The van der Waals surface area contributed by atoms with Gasteiger partial charge in [-0.25, -0.2) is 0 Å². The van der Waals surface area contributed by atoms with Crippen molar-refractivity contribution in [3.63, 3.8) is 0 Å². The van der Waals surface area contributed by atoms with Gasteiger partial charge in [-0.1, -0.05) is 12.1 Å². The fourth-order valence-corrected chi connectivity index (χ4v) is 6.43. The zero-order chi connectivity index (χ0) is 25.1. The van der Waals surface area contributed by atoms with Gasteiger partial charge >= 0.3 is 10.1 Å². The molecule has 10 heteroatoms. The third-order valence-corrected chi connectivity index (χ3v) is 8.33. The lowest BCUT2D eigenvalue weighted by Gasteiger charge is -2.31. The van der Waals surface area contributed by atoms with Gasteiger partial charge in [0.15, 0.2) is 15.4 Å². The molecule has 1 aliphatic rings. The molecule has 0 radical (unpaired) electrons. The lowest BCUT2D eigenvalue weighted by molar-refractivity contribution is -0.113. The summed E-state index contributed by atoms with van der Waals surface area (Å²) < 4.78 is 39.8. The molecule has 8 nitrogen and oxygen atoms in total. The van der Waals surface area contributed by atoms with E-state index in [9.17, 15) is 22.6 Å². The number of nitrogens with one attached hydrogen (secondary N) is 1. The van der Waals surface area contributed by atoms with E-state index in [-0.39, 0.29) is 21.0 Å². The molecule has 4 heterocycles. The van der Waals surface area contributed by atoms with Gasteiger partial charge in [-0.3, -0.25) is 19.1 Å². The van der Waals surface area contributed by atoms with Crippen LogP contribution in [0.15, 0.2) is 72.7 Å². The first-order valence-corrected chi connectivity index (χ1v) is 13.0. The first-order valence-electron chi connectivity index (χ1n) is 10.6. The van der Waals surface area contributed by atoms with E-state index >= 15 is 0 Å². The van der Waals surface area contributed by atoms with Crippen molar-refractivity contribution in [2.45, 2.75) is 30.9 Å². The molecular formula is C25H20N2O6S2. The van der Waals surface area contributed by atoms with Crippen LogP contribution in [0, 0.1) is 6.92 Å². The molecule has 3 aromatic heterocycles. The summed E-state index contributed by atoms with van der Waals surface area (Å²) in [4.78, 5) is 30.1. The Morgan fingerprint density at radius 2 is 1.97 bits per heavy atom. The number of pyridine rings is 1. The van der Waals surface area contributed by atoms with Crippen molar-refractivity contribution >= 4 is 43.9 Å². The minimum atomic E-state index is -4.51. The smallest absolute Gasteiger partial charge is 0.304 e. The van der Waals surface area contributed by atoms with Crippen LogP contribution in [0.2, 0.25) is 0 Å². The van der Waals surface area contributed by atoms with Gasteiger partial charge in [0.25, 0.3) is 0 Å². The second-order valence-corrected chi connectivity index (χ2v) is 10.8. The van der Waals surface area contributed by atoms with Crippen LogP contribution in [-0.4, -0.2) is 23.7 Å². The van der Waals surface area contributed by atoms with Gasteiger partial charge in [0.05, 0.1) is 11.1 Å². The van der Waals surface area contributed by atoms with Gasteiger partial charge in [0.1, 0.15) is 11.3 Å². The topological polar surface area (TPSA) is 127 Å². The van der Waals surface area contributed by atoms with Crippen LogP contribution in [0.5, 0.6) is 0 Å². The molecule has 1 aromatic carbocycles. The fraction of sp³-hybridized carbons (Fsp3) is 0.160. The van der Waals surface area contributed by atoms with Gasteiger partial charge in [0.2, 0.25) is 0 Å². The molecule has 0 saturated heterocycles. The van der Waals surface area contributed by atoms with E-state index in [0.717, 1.165) is 11.3 Å². The van der Waals surface area contributed by atoms with E-state index < -0.39 is 16.0 Å². The Morgan fingerprint density at radius 3 is 2.69 bits per heavy atom. The minimum Gasteiger partial charge on any atom is -0.461 e. The molecule has 0 aliphatic carbocycles. The van der Waals surface area contributed by atoms with E-state index in [0.29, 0.717) is 50.5 Å². The lowest BCUT2D eigenvalue weighted by atomic mass is 9.77. The van der Waals surface area contributed by atoms with Crippen molar-refractivity contribution in [2.24, 2.45) is 0 Å². The number of anilines is 1. The molecule has 0 bridgehead atoms. The van der Waals surface area contributed by atoms with Crippen LogP contribution < -0.4 is 10.7 Å². The highest BCUT2D eigenvalue weighted by Gasteiger charge is 2.36. The molecule has 1 aliphatic heterocycles. The number of Topliss-reactive ketones (excluding diaryl/α,β-unsaturated/α-hetero) is 1. The first-order chi connectivity index (χ1) is 16.6. The van der Waals surface area contributed by atoms with Crippen LogP contribution in [0.3, 0.4) is 0 Å². The number of hydrogen-bond donors (Lipinski definition) is 2. The quantitative estimate of drug-likeness (QED) is 0.373. The normalized spacial score (nSPS) is 15.7. The molecule has 0 spiro atoms. The van der Waals surface area contributed by atoms with Crippen molar-refractivity contribution in [3.8, 4) is 11.3 Å². The molecule has 0 saturated carbocycles. The number of carbonyl (C=O) groups excluding carboxylic acids is 1. The Balaban J connectivity index is 1.91. The SMILES string of the molecule is CC(=O)C1=C(C)Nc2ccnc(-c3ccsc3S(=O)(=O)O)c2C1c1cccc2c(=O)cc(C)oc12. The van der Waals surface area contributed by atoms with Gasteiger partial charge in [-0.2, -0.15) is 8.42 Å². The van der Waals surface area contributed by atoms with E-state index in [4.69, 9.17) is 4.42 Å². The van der Waals surface area contributed by atoms with Crippen LogP contribution in [-0.2, 0) is 14.9 Å². The number of fused-ring (bicyclic) bond motifs is 2. The number of thiophene rings is 1. The summed E-state index contributed by atoms with van der Waals surface area (Å²) in [5.74, 6) is -0.491. The third-order valence-electron chi connectivity index (χ3n) is 6.01. The summed E-state index contributed by atoms with van der Waals surface area (Å²) in [6.45, 7) is 4.92. The summed E-state index contributed by atoms with van der Waals surface area (Å²) in [6.07, 6.45) is 1.53. The Bertz CT molecular complexity index is 1730. The first kappa shape index (κ1) is 23.2. The van der Waals surface area contributed by atoms with Crippen LogP contribution in [0.1, 0.15) is 36.7 Å². The molecular weight excluding hydrogens is 488 g/mol. The molecule has 2 N–H and O–H groups in total. The van der Waals surface area contributed by atoms with Crippen LogP contribution >= 0.6 is 11.3 Å². The Labute approximate surface area is 204 Å². The van der Waals surface area contributed by atoms with E-state index in [1.165, 1.54) is 19.2 Å². The number of benzene rings is 1. The van der Waals surface area contributed by atoms with Crippen molar-refractivity contribution in [1.82, 2.24) is 4.98 Å². The minimum absolute atomic E-state index is 0.201. The van der Waals surface area contributed by atoms with Gasteiger partial charge in [-0.05, 0) is 44.4 Å². The number of carbonyl (C=O) groups is 1. The standard InChI is InChI=1S/C25H20N2O6S2/c1-12-11-19(29)15-5-4-6-16(24(15)33-12)21-20(14(3)28)13(2)27-18-7-9-26-23(22(18)21)17-8-10-34-25(17)35(30,31)32/h4-11,21,27H,1-3H3,(H,30,31,32). The van der Waals surface area contributed by atoms with Crippen molar-refractivity contribution in [3.05, 3.63) is 86.4 Å². The number of para-hydroxylation sites is 1. The lowest BCUT2D eigenvalue weighted by Crippen LogP contribution is -2.23. The number of aryl methyl sites for hydroxylation is 1. The highest BCUT2D eigenvalue weighted by Crippen LogP contribution is 2.48. The van der Waals surface area contributed by atoms with E-state index in [2.05, 4.69) is 10.3 Å². The summed E-state index contributed by atoms with van der Waals surface area (Å²) in [6, 6.07) is 9.89. The molecule has 5 rings (SSSR count). The number of aromatic nitrogens is 1. The average molecular weight is 509 g/mol. The molecule has 35 heavy (non-hydrogen) atoms. The molecule has 0 amide bonds. The predicted molar refractivity (Wildman–Crippen MR) is 133 cm³/mol. The van der Waals surface area contributed by atoms with Crippen molar-refractivity contribution < 1.29 is 22.2 Å². The second kappa shape index (κ2) is 8.26. The van der Waals surface area contributed by atoms with E-state index in [1.807, 2.05) is 0 Å². The third kappa shape index (κ3) is 3.79. The predicted octanol–water partition coefficient (Wildman–Crippen LogP) is 4.89. The zero-order valence-corrected chi connectivity index (χ0v) is 20.6. The zero-order valence-electron chi connectivity index (χ0n) is 18.9. The summed E-state index contributed by atoms with van der Waals surface area (Å²) in [7, 11) is -4.51. The van der Waals surface area contributed by atoms with Crippen molar-refractivity contribution in [1.29, 1.82) is 0 Å².